The molecule has 188 valence electrons. The van der Waals surface area contributed by atoms with Crippen molar-refractivity contribution in [1.29, 1.82) is 0 Å². The van der Waals surface area contributed by atoms with Crippen molar-refractivity contribution in [3.63, 3.8) is 0 Å². The van der Waals surface area contributed by atoms with Gasteiger partial charge < -0.3 is 5.73 Å². The van der Waals surface area contributed by atoms with Crippen molar-refractivity contribution in [2.24, 2.45) is 5.73 Å². The van der Waals surface area contributed by atoms with Crippen LogP contribution < -0.4 is 5.73 Å². The van der Waals surface area contributed by atoms with Crippen molar-refractivity contribution in [2.75, 3.05) is 0 Å². The molecule has 0 atom stereocenters. The Morgan fingerprint density at radius 2 is 0.677 bits per heavy atom. The quantitative estimate of drug-likeness (QED) is 0.124. The van der Waals surface area contributed by atoms with Crippen molar-refractivity contribution < 1.29 is 0 Å². The zero-order valence-corrected chi connectivity index (χ0v) is 25.2. The Balaban J connectivity index is 4.52. The molecule has 0 unspecified atom stereocenters. The lowest BCUT2D eigenvalue weighted by Crippen LogP contribution is -2.77. The first-order valence-electron chi connectivity index (χ1n) is 14.7. The first-order valence-corrected chi connectivity index (χ1v) is 20.0. The van der Waals surface area contributed by atoms with Gasteiger partial charge in [-0.05, 0) is 6.42 Å². The molecule has 0 heterocycles. The van der Waals surface area contributed by atoms with Crippen LogP contribution in [0.4, 0.5) is 0 Å². The van der Waals surface area contributed by atoms with E-state index in [4.69, 9.17) is 5.73 Å². The van der Waals surface area contributed by atoms with E-state index < -0.39 is 16.1 Å². The molecule has 2 N–H and O–H groups in total. The number of hydrogen-bond acceptors (Lipinski definition) is 1. The second-order valence-electron chi connectivity index (χ2n) is 10.6. The van der Waals surface area contributed by atoms with E-state index in [0.717, 1.165) is 0 Å². The fraction of sp³-hybridized carbons (Fsp3) is 1.00. The molecule has 31 heavy (non-hydrogen) atoms. The van der Waals surface area contributed by atoms with E-state index in [-0.39, 0.29) is 4.79 Å². The lowest BCUT2D eigenvalue weighted by atomic mass is 10.0. The molecule has 0 radical (unpaired) electrons. The summed E-state index contributed by atoms with van der Waals surface area (Å²) in [5.74, 6) is 0. The molecule has 3 heteroatoms. The highest BCUT2D eigenvalue weighted by Crippen LogP contribution is 2.45. The van der Waals surface area contributed by atoms with Crippen LogP contribution in [0.2, 0.25) is 36.3 Å². The fourth-order valence-corrected chi connectivity index (χ4v) is 22.8. The molecule has 0 aliphatic heterocycles. The Kier molecular flexibility index (Phi) is 18.0. The summed E-state index contributed by atoms with van der Waals surface area (Å²) in [6.45, 7) is 17.2. The molecular formula is C28H63NSi2. The molecule has 0 aliphatic carbocycles. The summed E-state index contributed by atoms with van der Waals surface area (Å²) >= 11 is 0. The maximum atomic E-state index is 7.68. The number of hydrogen-bond donors (Lipinski definition) is 1. The van der Waals surface area contributed by atoms with Crippen LogP contribution in [0.5, 0.6) is 0 Å². The Morgan fingerprint density at radius 3 is 0.935 bits per heavy atom. The highest BCUT2D eigenvalue weighted by atomic mass is 28.4. The van der Waals surface area contributed by atoms with Gasteiger partial charge in [0.2, 0.25) is 0 Å². The van der Waals surface area contributed by atoms with E-state index in [1.54, 1.807) is 0 Å². The zero-order chi connectivity index (χ0) is 23.6. The van der Waals surface area contributed by atoms with E-state index in [0.29, 0.717) is 0 Å². The molecule has 0 aromatic carbocycles. The van der Waals surface area contributed by atoms with Crippen molar-refractivity contribution in [3.05, 3.63) is 0 Å². The van der Waals surface area contributed by atoms with Crippen molar-refractivity contribution in [3.8, 4) is 0 Å². The van der Waals surface area contributed by atoms with Gasteiger partial charge in [0.25, 0.3) is 0 Å². The van der Waals surface area contributed by atoms with Crippen molar-refractivity contribution in [2.45, 2.75) is 179 Å². The average molecular weight is 470 g/mol. The summed E-state index contributed by atoms with van der Waals surface area (Å²) in [5, 5.41) is 0. The maximum Gasteiger partial charge on any atom is 0.0718 e. The largest absolute Gasteiger partial charge is 0.330 e. The van der Waals surface area contributed by atoms with E-state index in [1.807, 2.05) is 0 Å². The van der Waals surface area contributed by atoms with Crippen LogP contribution in [0, 0.1) is 0 Å². The first-order chi connectivity index (χ1) is 14.9. The van der Waals surface area contributed by atoms with Gasteiger partial charge in [-0.1, -0.05) is 168 Å². The second kappa shape index (κ2) is 17.8. The molecular weight excluding hydrogens is 406 g/mol. The van der Waals surface area contributed by atoms with Gasteiger partial charge in [-0.15, -0.1) is 0 Å². The van der Waals surface area contributed by atoms with Gasteiger partial charge in [0.1, 0.15) is 0 Å². The standard InChI is InChI=1S/C28H63NSi2/c1-8-15-16-17-18-19-20-21-22-23-24-25-26-27-28(29,30(9-2,10-3)11-4)31(12-5,13-6)14-7/h8-27,29H2,1-7H3. The molecule has 0 saturated carbocycles. The van der Waals surface area contributed by atoms with Gasteiger partial charge in [0.05, 0.1) is 16.1 Å². The minimum atomic E-state index is -1.43. The van der Waals surface area contributed by atoms with Gasteiger partial charge >= 0.3 is 0 Å². The molecule has 1 nitrogen and oxygen atoms in total. The smallest absolute Gasteiger partial charge is 0.0718 e. The Hall–Kier alpha value is 0.394. The SMILES string of the molecule is CCCCCCCCCCCCCCCC(N)([Si](CC)(CC)CC)[Si](CC)(CC)CC. The lowest BCUT2D eigenvalue weighted by molar-refractivity contribution is 0.520. The third-order valence-corrected chi connectivity index (χ3v) is 25.2. The van der Waals surface area contributed by atoms with Crippen molar-refractivity contribution in [1.82, 2.24) is 0 Å². The monoisotopic (exact) mass is 469 g/mol. The van der Waals surface area contributed by atoms with Crippen LogP contribution in [0.1, 0.15) is 138 Å². The summed E-state index contributed by atoms with van der Waals surface area (Å²) in [7, 11) is -2.87. The summed E-state index contributed by atoms with van der Waals surface area (Å²) in [4.78, 5) is 0.244. The third kappa shape index (κ3) is 8.93. The van der Waals surface area contributed by atoms with E-state index in [1.165, 1.54) is 126 Å². The maximum absolute atomic E-state index is 7.68. The zero-order valence-electron chi connectivity index (χ0n) is 23.2. The molecule has 0 saturated heterocycles. The normalized spacial score (nSPS) is 13.2. The summed E-state index contributed by atoms with van der Waals surface area (Å²) in [5.41, 5.74) is 7.68. The van der Waals surface area contributed by atoms with Crippen LogP contribution in [0.15, 0.2) is 0 Å². The number of unbranched alkanes of at least 4 members (excludes halogenated alkanes) is 12. The van der Waals surface area contributed by atoms with E-state index in [9.17, 15) is 0 Å². The number of nitrogens with two attached hydrogens (primary N) is 1. The van der Waals surface area contributed by atoms with Gasteiger partial charge in [-0.2, -0.15) is 0 Å². The second-order valence-corrected chi connectivity index (χ2v) is 22.3. The Bertz CT molecular complexity index is 365. The summed E-state index contributed by atoms with van der Waals surface area (Å²) in [6.07, 6.45) is 20.1. The topological polar surface area (TPSA) is 26.0 Å². The summed E-state index contributed by atoms with van der Waals surface area (Å²) in [6, 6.07) is 8.36. The number of rotatable bonds is 22. The molecule has 0 aromatic heterocycles. The van der Waals surface area contributed by atoms with Crippen LogP contribution in [0.25, 0.3) is 0 Å². The van der Waals surface area contributed by atoms with E-state index >= 15 is 0 Å². The highest BCUT2D eigenvalue weighted by Gasteiger charge is 2.57. The molecule has 0 aliphatic rings. The average Bonchev–Trinajstić information content (AvgIpc) is 2.80. The molecule has 0 amide bonds. The molecule has 0 bridgehead atoms. The van der Waals surface area contributed by atoms with Crippen LogP contribution in [0.3, 0.4) is 0 Å². The van der Waals surface area contributed by atoms with E-state index in [2.05, 4.69) is 48.5 Å². The predicted molar refractivity (Wildman–Crippen MR) is 152 cm³/mol. The minimum Gasteiger partial charge on any atom is -0.330 e. The van der Waals surface area contributed by atoms with Crippen LogP contribution in [-0.2, 0) is 0 Å². The van der Waals surface area contributed by atoms with Gasteiger partial charge in [-0.3, -0.25) is 0 Å². The van der Waals surface area contributed by atoms with Crippen LogP contribution in [-0.4, -0.2) is 20.9 Å². The minimum absolute atomic E-state index is 0.244. The Labute approximate surface area is 201 Å². The molecule has 0 fully saturated rings. The third-order valence-electron chi connectivity index (χ3n) is 9.63. The molecule has 0 spiro atoms. The van der Waals surface area contributed by atoms with Gasteiger partial charge in [0, 0.05) is 4.79 Å². The predicted octanol–water partition coefficient (Wildman–Crippen LogP) is 10.3. The molecule has 0 rings (SSSR count). The lowest BCUT2D eigenvalue weighted by Gasteiger charge is -2.57. The Morgan fingerprint density at radius 1 is 0.419 bits per heavy atom. The summed E-state index contributed by atoms with van der Waals surface area (Å²) < 4.78 is 0. The fourth-order valence-electron chi connectivity index (χ4n) is 6.91. The highest BCUT2D eigenvalue weighted by molar-refractivity contribution is 7.01. The van der Waals surface area contributed by atoms with Gasteiger partial charge in [-0.25, -0.2) is 0 Å². The molecule has 0 aromatic rings. The van der Waals surface area contributed by atoms with Crippen molar-refractivity contribution >= 4 is 16.1 Å². The van der Waals surface area contributed by atoms with Gasteiger partial charge in [0.15, 0.2) is 0 Å². The van der Waals surface area contributed by atoms with Crippen LogP contribution >= 0.6 is 0 Å². The first kappa shape index (κ1) is 31.4.